The first-order valence-electron chi connectivity index (χ1n) is 11.6. The molecule has 3 aliphatic rings. The van der Waals surface area contributed by atoms with Crippen molar-refractivity contribution in [1.29, 1.82) is 0 Å². The van der Waals surface area contributed by atoms with Crippen LogP contribution in [0.4, 0.5) is 0 Å². The maximum absolute atomic E-state index is 13.2. The second kappa shape index (κ2) is 8.94. The number of hydrogen-bond donors (Lipinski definition) is 1. The van der Waals surface area contributed by atoms with E-state index in [0.29, 0.717) is 51.4 Å². The van der Waals surface area contributed by atoms with Crippen molar-refractivity contribution in [3.05, 3.63) is 46.8 Å². The number of fused-ring (bicyclic) bond motifs is 2. The molecule has 5 rings (SSSR count). The first-order valence-corrected chi connectivity index (χ1v) is 11.6. The van der Waals surface area contributed by atoms with Gasteiger partial charge in [0, 0.05) is 62.5 Å². The summed E-state index contributed by atoms with van der Waals surface area (Å²) in [5.41, 5.74) is 3.54. The number of rotatable bonds is 4. The monoisotopic (exact) mass is 437 g/mol. The summed E-state index contributed by atoms with van der Waals surface area (Å²) in [5.74, 6) is 0.878. The standard InChI is InChI=1S/C24H31N5O3/c1-27-20-10-11-29(15-19(20)23(26-27)24(31)25-18-7-3-4-8-18)22(30)16-28-12-13-32-21-9-5-2-6-17(21)14-28/h2,5-6,9,18H,3-4,7-8,10-16H2,1H3,(H,25,31). The number of ether oxygens (including phenoxy) is 1. The zero-order chi connectivity index (χ0) is 22.1. The number of carbonyl (C=O) groups excluding carboxylic acids is 2. The highest BCUT2D eigenvalue weighted by molar-refractivity contribution is 5.94. The third-order valence-corrected chi connectivity index (χ3v) is 6.89. The van der Waals surface area contributed by atoms with Gasteiger partial charge in [0.05, 0.1) is 6.54 Å². The second-order valence-corrected chi connectivity index (χ2v) is 9.08. The Morgan fingerprint density at radius 3 is 2.81 bits per heavy atom. The molecule has 0 atom stereocenters. The summed E-state index contributed by atoms with van der Waals surface area (Å²) in [7, 11) is 1.89. The van der Waals surface area contributed by atoms with Crippen molar-refractivity contribution in [2.45, 2.75) is 51.2 Å². The quantitative estimate of drug-likeness (QED) is 0.790. The summed E-state index contributed by atoms with van der Waals surface area (Å²) < 4.78 is 7.64. The number of nitrogens with one attached hydrogen (secondary N) is 1. The normalized spacial score (nSPS) is 19.1. The van der Waals surface area contributed by atoms with E-state index in [2.05, 4.69) is 21.4 Å². The molecule has 2 aliphatic heterocycles. The van der Waals surface area contributed by atoms with Gasteiger partial charge in [0.2, 0.25) is 5.91 Å². The summed E-state index contributed by atoms with van der Waals surface area (Å²) in [4.78, 5) is 30.1. The molecule has 8 heteroatoms. The van der Waals surface area contributed by atoms with Gasteiger partial charge in [-0.25, -0.2) is 0 Å². The molecule has 170 valence electrons. The van der Waals surface area contributed by atoms with Crippen LogP contribution in [0, 0.1) is 0 Å². The van der Waals surface area contributed by atoms with Crippen LogP contribution < -0.4 is 10.1 Å². The largest absolute Gasteiger partial charge is 0.492 e. The molecule has 1 aliphatic carbocycles. The van der Waals surface area contributed by atoms with Crippen molar-refractivity contribution < 1.29 is 14.3 Å². The molecular formula is C24H31N5O3. The van der Waals surface area contributed by atoms with Crippen molar-refractivity contribution in [3.63, 3.8) is 0 Å². The summed E-state index contributed by atoms with van der Waals surface area (Å²) in [5, 5.41) is 7.67. The van der Waals surface area contributed by atoms with Crippen LogP contribution in [-0.2, 0) is 31.4 Å². The van der Waals surface area contributed by atoms with E-state index in [4.69, 9.17) is 4.74 Å². The minimum absolute atomic E-state index is 0.0843. The number of aromatic nitrogens is 2. The lowest BCUT2D eigenvalue weighted by atomic mass is 10.0. The highest BCUT2D eigenvalue weighted by atomic mass is 16.5. The molecule has 0 unspecified atom stereocenters. The summed E-state index contributed by atoms with van der Waals surface area (Å²) in [6.45, 7) is 3.41. The molecule has 0 bridgehead atoms. The van der Waals surface area contributed by atoms with Crippen LogP contribution >= 0.6 is 0 Å². The third-order valence-electron chi connectivity index (χ3n) is 6.89. The predicted molar refractivity (Wildman–Crippen MR) is 119 cm³/mol. The van der Waals surface area contributed by atoms with Crippen molar-refractivity contribution in [1.82, 2.24) is 24.9 Å². The fraction of sp³-hybridized carbons (Fsp3) is 0.542. The van der Waals surface area contributed by atoms with E-state index in [-0.39, 0.29) is 17.9 Å². The fourth-order valence-corrected chi connectivity index (χ4v) is 5.12. The molecule has 1 N–H and O–H groups in total. The first-order chi connectivity index (χ1) is 15.6. The average molecular weight is 438 g/mol. The Hall–Kier alpha value is -2.87. The van der Waals surface area contributed by atoms with Crippen LogP contribution in [-0.4, -0.2) is 63.7 Å². The van der Waals surface area contributed by atoms with Crippen LogP contribution in [0.25, 0.3) is 0 Å². The molecule has 0 saturated heterocycles. The average Bonchev–Trinajstić information content (AvgIpc) is 3.36. The van der Waals surface area contributed by atoms with Gasteiger partial charge in [0.15, 0.2) is 5.69 Å². The molecule has 2 amide bonds. The lowest BCUT2D eigenvalue weighted by Gasteiger charge is -2.30. The maximum Gasteiger partial charge on any atom is 0.272 e. The van der Waals surface area contributed by atoms with Gasteiger partial charge in [0.1, 0.15) is 12.4 Å². The topological polar surface area (TPSA) is 79.7 Å². The van der Waals surface area contributed by atoms with Crippen LogP contribution in [0.1, 0.15) is 53.0 Å². The van der Waals surface area contributed by atoms with Crippen LogP contribution in [0.15, 0.2) is 24.3 Å². The zero-order valence-corrected chi connectivity index (χ0v) is 18.7. The zero-order valence-electron chi connectivity index (χ0n) is 18.7. The molecule has 3 heterocycles. The molecule has 1 aromatic heterocycles. The van der Waals surface area contributed by atoms with E-state index >= 15 is 0 Å². The van der Waals surface area contributed by atoms with Crippen molar-refractivity contribution in [2.75, 3.05) is 26.2 Å². The van der Waals surface area contributed by atoms with E-state index in [1.54, 1.807) is 0 Å². The first kappa shape index (κ1) is 21.0. The van der Waals surface area contributed by atoms with E-state index < -0.39 is 0 Å². The van der Waals surface area contributed by atoms with Crippen molar-refractivity contribution >= 4 is 11.8 Å². The van der Waals surface area contributed by atoms with Gasteiger partial charge in [0.25, 0.3) is 5.91 Å². The Bertz CT molecular complexity index is 1010. The molecule has 8 nitrogen and oxygen atoms in total. The molecule has 1 saturated carbocycles. The lowest BCUT2D eigenvalue weighted by Crippen LogP contribution is -2.43. The van der Waals surface area contributed by atoms with E-state index in [0.717, 1.165) is 35.4 Å². The number of aryl methyl sites for hydroxylation is 1. The molecule has 0 radical (unpaired) electrons. The molecular weight excluding hydrogens is 406 g/mol. The molecule has 2 aromatic rings. The predicted octanol–water partition coefficient (Wildman–Crippen LogP) is 1.87. The van der Waals surface area contributed by atoms with Gasteiger partial charge < -0.3 is 15.0 Å². The summed E-state index contributed by atoms with van der Waals surface area (Å²) >= 11 is 0. The summed E-state index contributed by atoms with van der Waals surface area (Å²) in [6, 6.07) is 8.25. The second-order valence-electron chi connectivity index (χ2n) is 9.08. The molecule has 1 aromatic carbocycles. The van der Waals surface area contributed by atoms with E-state index in [1.165, 1.54) is 12.8 Å². The van der Waals surface area contributed by atoms with Crippen molar-refractivity contribution in [2.24, 2.45) is 7.05 Å². The van der Waals surface area contributed by atoms with E-state index in [1.807, 2.05) is 34.8 Å². The fourth-order valence-electron chi connectivity index (χ4n) is 5.12. The van der Waals surface area contributed by atoms with Gasteiger partial charge in [-0.05, 0) is 18.9 Å². The number of hydrogen-bond acceptors (Lipinski definition) is 5. The Morgan fingerprint density at radius 2 is 1.97 bits per heavy atom. The van der Waals surface area contributed by atoms with E-state index in [9.17, 15) is 9.59 Å². The van der Waals surface area contributed by atoms with Gasteiger partial charge in [-0.3, -0.25) is 19.2 Å². The van der Waals surface area contributed by atoms with Gasteiger partial charge >= 0.3 is 0 Å². The Morgan fingerprint density at radius 1 is 1.16 bits per heavy atom. The SMILES string of the molecule is Cn1nc(C(=O)NC2CCCC2)c2c1CCN(C(=O)CN1CCOc3ccccc3C1)C2. The molecule has 0 spiro atoms. The number of benzene rings is 1. The number of amides is 2. The maximum atomic E-state index is 13.2. The summed E-state index contributed by atoms with van der Waals surface area (Å²) in [6.07, 6.45) is 5.12. The minimum Gasteiger partial charge on any atom is -0.492 e. The van der Waals surface area contributed by atoms with Crippen LogP contribution in [0.2, 0.25) is 0 Å². The molecule has 32 heavy (non-hydrogen) atoms. The Balaban J connectivity index is 1.26. The smallest absolute Gasteiger partial charge is 0.272 e. The number of nitrogens with zero attached hydrogens (tertiary/aromatic N) is 4. The van der Waals surface area contributed by atoms with Crippen molar-refractivity contribution in [3.8, 4) is 5.75 Å². The van der Waals surface area contributed by atoms with Crippen LogP contribution in [0.3, 0.4) is 0 Å². The Labute approximate surface area is 188 Å². The minimum atomic E-state index is -0.107. The number of carbonyl (C=O) groups is 2. The lowest BCUT2D eigenvalue weighted by molar-refractivity contribution is -0.133. The van der Waals surface area contributed by atoms with Gasteiger partial charge in [-0.1, -0.05) is 31.0 Å². The highest BCUT2D eigenvalue weighted by Crippen LogP contribution is 2.25. The van der Waals surface area contributed by atoms with Gasteiger partial charge in [-0.15, -0.1) is 0 Å². The van der Waals surface area contributed by atoms with Crippen LogP contribution in [0.5, 0.6) is 5.75 Å². The number of para-hydroxylation sites is 1. The molecule has 1 fully saturated rings. The third kappa shape index (κ3) is 4.24. The van der Waals surface area contributed by atoms with Gasteiger partial charge in [-0.2, -0.15) is 5.10 Å². The highest BCUT2D eigenvalue weighted by Gasteiger charge is 2.31. The Kier molecular flexibility index (Phi) is 5.87.